The molecule has 3 aromatic rings. The third-order valence-corrected chi connectivity index (χ3v) is 5.10. The van der Waals surface area contributed by atoms with Gasteiger partial charge in [0.1, 0.15) is 6.54 Å². The highest BCUT2D eigenvalue weighted by molar-refractivity contribution is 5.99. The predicted octanol–water partition coefficient (Wildman–Crippen LogP) is 1.71. The third-order valence-electron chi connectivity index (χ3n) is 5.10. The van der Waals surface area contributed by atoms with Gasteiger partial charge in [-0.1, -0.05) is 6.07 Å². The molecule has 5 rings (SSSR count). The Morgan fingerprint density at radius 1 is 1.11 bits per heavy atom. The zero-order chi connectivity index (χ0) is 19.1. The van der Waals surface area contributed by atoms with Crippen LogP contribution in [0.1, 0.15) is 5.56 Å². The molecule has 8 heteroatoms. The molecular formula is C20H18N4O4. The molecule has 0 aliphatic carbocycles. The lowest BCUT2D eigenvalue weighted by Gasteiger charge is -2.34. The first-order valence-corrected chi connectivity index (χ1v) is 9.07. The number of nitrogens with zero attached hydrogens (tertiary/aromatic N) is 3. The number of hydrogen-bond acceptors (Lipinski definition) is 5. The Labute approximate surface area is 160 Å². The molecule has 1 saturated heterocycles. The molecular weight excluding hydrogens is 360 g/mol. The van der Waals surface area contributed by atoms with Gasteiger partial charge in [-0.3, -0.25) is 14.7 Å². The maximum absolute atomic E-state index is 12.7. The zero-order valence-electron chi connectivity index (χ0n) is 15.1. The molecule has 8 nitrogen and oxygen atoms in total. The molecule has 2 amide bonds. The van der Waals surface area contributed by atoms with Gasteiger partial charge in [0.25, 0.3) is 0 Å². The number of hydrogen-bond donors (Lipinski definition) is 1. The van der Waals surface area contributed by atoms with Crippen LogP contribution in [0.2, 0.25) is 0 Å². The van der Waals surface area contributed by atoms with E-state index in [1.54, 1.807) is 22.1 Å². The number of carbonyl (C=O) groups excluding carboxylic acids is 2. The standard InChI is InChI=1S/C20H18N4O4/c25-19(8-13-1-4-17-18(7-13)28-12-27-17)23-5-6-24(20(26)11-23)15-2-3-16-14(9-15)10-21-22-16/h1-4,7,9-10H,5-6,8,11-12H2,(H,21,22). The van der Waals surface area contributed by atoms with Gasteiger partial charge in [-0.05, 0) is 35.9 Å². The molecule has 1 N–H and O–H groups in total. The minimum absolute atomic E-state index is 0.0721. The number of ether oxygens (including phenoxy) is 2. The lowest BCUT2D eigenvalue weighted by molar-refractivity contribution is -0.136. The molecule has 1 fully saturated rings. The van der Waals surface area contributed by atoms with E-state index in [1.807, 2.05) is 30.3 Å². The highest BCUT2D eigenvalue weighted by atomic mass is 16.7. The summed E-state index contributed by atoms with van der Waals surface area (Å²) < 4.78 is 10.6. The van der Waals surface area contributed by atoms with E-state index < -0.39 is 0 Å². The molecule has 0 saturated carbocycles. The van der Waals surface area contributed by atoms with Crippen LogP contribution < -0.4 is 14.4 Å². The van der Waals surface area contributed by atoms with Crippen LogP contribution in [0.25, 0.3) is 10.9 Å². The number of rotatable bonds is 3. The summed E-state index contributed by atoms with van der Waals surface area (Å²) in [5, 5.41) is 7.85. The van der Waals surface area contributed by atoms with Crippen molar-refractivity contribution in [2.75, 3.05) is 31.3 Å². The van der Waals surface area contributed by atoms with Crippen molar-refractivity contribution in [2.24, 2.45) is 0 Å². The van der Waals surface area contributed by atoms with E-state index in [9.17, 15) is 9.59 Å². The first-order valence-electron chi connectivity index (χ1n) is 9.07. The predicted molar refractivity (Wildman–Crippen MR) is 101 cm³/mol. The van der Waals surface area contributed by atoms with E-state index in [-0.39, 0.29) is 31.6 Å². The molecule has 0 atom stereocenters. The number of benzene rings is 2. The Kier molecular flexibility index (Phi) is 3.89. The number of carbonyl (C=O) groups is 2. The van der Waals surface area contributed by atoms with Gasteiger partial charge in [0, 0.05) is 24.2 Å². The lowest BCUT2D eigenvalue weighted by atomic mass is 10.1. The van der Waals surface area contributed by atoms with E-state index >= 15 is 0 Å². The molecule has 28 heavy (non-hydrogen) atoms. The van der Waals surface area contributed by atoms with Crippen molar-refractivity contribution in [1.29, 1.82) is 0 Å². The van der Waals surface area contributed by atoms with Crippen molar-refractivity contribution < 1.29 is 19.1 Å². The molecule has 1 aromatic heterocycles. The summed E-state index contributed by atoms with van der Waals surface area (Å²) in [6, 6.07) is 11.2. The molecule has 0 spiro atoms. The van der Waals surface area contributed by atoms with Gasteiger partial charge < -0.3 is 19.3 Å². The monoisotopic (exact) mass is 378 g/mol. The van der Waals surface area contributed by atoms with Crippen LogP contribution in [0.5, 0.6) is 11.5 Å². The maximum Gasteiger partial charge on any atom is 0.246 e. The highest BCUT2D eigenvalue weighted by Gasteiger charge is 2.28. The number of anilines is 1. The lowest BCUT2D eigenvalue weighted by Crippen LogP contribution is -2.52. The number of aromatic amines is 1. The van der Waals surface area contributed by atoms with Crippen molar-refractivity contribution in [3.8, 4) is 11.5 Å². The van der Waals surface area contributed by atoms with E-state index in [1.165, 1.54) is 0 Å². The summed E-state index contributed by atoms with van der Waals surface area (Å²) in [5.41, 5.74) is 2.59. The Balaban J connectivity index is 1.26. The Morgan fingerprint density at radius 3 is 2.89 bits per heavy atom. The number of fused-ring (bicyclic) bond motifs is 2. The molecule has 2 aromatic carbocycles. The Morgan fingerprint density at radius 2 is 2.00 bits per heavy atom. The van der Waals surface area contributed by atoms with E-state index in [0.717, 1.165) is 22.2 Å². The summed E-state index contributed by atoms with van der Waals surface area (Å²) in [6.07, 6.45) is 1.96. The van der Waals surface area contributed by atoms with Crippen LogP contribution in [0.15, 0.2) is 42.6 Å². The van der Waals surface area contributed by atoms with E-state index in [0.29, 0.717) is 24.6 Å². The van der Waals surface area contributed by atoms with Gasteiger partial charge in [0.05, 0.1) is 18.1 Å². The van der Waals surface area contributed by atoms with Crippen LogP contribution in [-0.4, -0.2) is 53.3 Å². The van der Waals surface area contributed by atoms with Crippen LogP contribution in [-0.2, 0) is 16.0 Å². The fourth-order valence-electron chi connectivity index (χ4n) is 3.59. The largest absolute Gasteiger partial charge is 0.454 e. The smallest absolute Gasteiger partial charge is 0.246 e. The van der Waals surface area contributed by atoms with Crippen LogP contribution >= 0.6 is 0 Å². The number of aromatic nitrogens is 2. The number of amides is 2. The molecule has 0 unspecified atom stereocenters. The Bertz CT molecular complexity index is 1080. The van der Waals surface area contributed by atoms with Gasteiger partial charge in [-0.2, -0.15) is 5.10 Å². The second-order valence-electron chi connectivity index (χ2n) is 6.87. The van der Waals surface area contributed by atoms with Crippen LogP contribution in [0.3, 0.4) is 0 Å². The van der Waals surface area contributed by atoms with Gasteiger partial charge in [-0.15, -0.1) is 0 Å². The van der Waals surface area contributed by atoms with Crippen LogP contribution in [0.4, 0.5) is 5.69 Å². The summed E-state index contributed by atoms with van der Waals surface area (Å²) in [5.74, 6) is 1.18. The number of piperazine rings is 1. The molecule has 3 heterocycles. The first kappa shape index (κ1) is 16.6. The first-order chi connectivity index (χ1) is 13.7. The fourth-order valence-corrected chi connectivity index (χ4v) is 3.59. The minimum atomic E-state index is -0.0897. The summed E-state index contributed by atoms with van der Waals surface area (Å²) in [6.45, 7) is 1.24. The zero-order valence-corrected chi connectivity index (χ0v) is 15.1. The molecule has 2 aliphatic heterocycles. The second-order valence-corrected chi connectivity index (χ2v) is 6.87. The highest BCUT2D eigenvalue weighted by Crippen LogP contribution is 2.32. The average Bonchev–Trinajstić information content (AvgIpc) is 3.36. The molecule has 0 bridgehead atoms. The molecule has 0 radical (unpaired) electrons. The molecule has 142 valence electrons. The fraction of sp³-hybridized carbons (Fsp3) is 0.250. The molecule has 2 aliphatic rings. The number of nitrogens with one attached hydrogen (secondary N) is 1. The third kappa shape index (κ3) is 2.92. The van der Waals surface area contributed by atoms with Gasteiger partial charge in [0.15, 0.2) is 11.5 Å². The average molecular weight is 378 g/mol. The van der Waals surface area contributed by atoms with Crippen molar-refractivity contribution in [2.45, 2.75) is 6.42 Å². The van der Waals surface area contributed by atoms with E-state index in [2.05, 4.69) is 10.2 Å². The van der Waals surface area contributed by atoms with E-state index in [4.69, 9.17) is 9.47 Å². The van der Waals surface area contributed by atoms with Crippen molar-refractivity contribution in [3.05, 3.63) is 48.2 Å². The van der Waals surface area contributed by atoms with Crippen molar-refractivity contribution in [3.63, 3.8) is 0 Å². The number of H-pyrrole nitrogens is 1. The topological polar surface area (TPSA) is 87.8 Å². The van der Waals surface area contributed by atoms with Gasteiger partial charge >= 0.3 is 0 Å². The summed E-state index contributed by atoms with van der Waals surface area (Å²) >= 11 is 0. The van der Waals surface area contributed by atoms with Crippen molar-refractivity contribution >= 4 is 28.4 Å². The SMILES string of the molecule is O=C(Cc1ccc2c(c1)OCO2)N1CCN(c2ccc3[nH]ncc3c2)C(=O)C1. The van der Waals surface area contributed by atoms with Crippen LogP contribution in [0, 0.1) is 0 Å². The Hall–Kier alpha value is -3.55. The minimum Gasteiger partial charge on any atom is -0.454 e. The van der Waals surface area contributed by atoms with Crippen molar-refractivity contribution in [1.82, 2.24) is 15.1 Å². The quantitative estimate of drug-likeness (QED) is 0.750. The summed E-state index contributed by atoms with van der Waals surface area (Å²) in [7, 11) is 0. The van der Waals surface area contributed by atoms with Gasteiger partial charge in [-0.25, -0.2) is 0 Å². The second kappa shape index (κ2) is 6.56. The normalized spacial score (nSPS) is 16.1. The van der Waals surface area contributed by atoms with Gasteiger partial charge in [0.2, 0.25) is 18.6 Å². The maximum atomic E-state index is 12.7. The summed E-state index contributed by atoms with van der Waals surface area (Å²) in [4.78, 5) is 28.7.